The van der Waals surface area contributed by atoms with Gasteiger partial charge in [-0.3, -0.25) is 4.79 Å². The number of primary amides is 1. The van der Waals surface area contributed by atoms with E-state index in [1.54, 1.807) is 49.6 Å². The number of amides is 1. The number of nitrogens with zero attached hydrogens (tertiary/aromatic N) is 2. The van der Waals surface area contributed by atoms with E-state index >= 15 is 0 Å². The summed E-state index contributed by atoms with van der Waals surface area (Å²) in [6, 6.07) is 19.4. The zero-order valence-electron chi connectivity index (χ0n) is 16.6. The van der Waals surface area contributed by atoms with E-state index in [0.29, 0.717) is 28.5 Å². The van der Waals surface area contributed by atoms with Gasteiger partial charge < -0.3 is 24.9 Å². The summed E-state index contributed by atoms with van der Waals surface area (Å²) in [4.78, 5) is 16.6. The number of imidazole rings is 1. The van der Waals surface area contributed by atoms with E-state index in [-0.39, 0.29) is 0 Å². The Morgan fingerprint density at radius 1 is 1.13 bits per heavy atom. The second-order valence-corrected chi connectivity index (χ2v) is 7.81. The van der Waals surface area contributed by atoms with Crippen LogP contribution >= 0.6 is 0 Å². The zero-order chi connectivity index (χ0) is 22.0. The SMILES string of the molecule is COc1ccc(Nc2nc3cc(C(N)=O)ccc3n2Cc2ccc(S(=O)O)cc2)cc1. The van der Waals surface area contributed by atoms with Crippen molar-refractivity contribution in [1.29, 1.82) is 0 Å². The van der Waals surface area contributed by atoms with Crippen LogP contribution in [0.1, 0.15) is 15.9 Å². The third-order valence-electron chi connectivity index (χ3n) is 4.84. The van der Waals surface area contributed by atoms with Gasteiger partial charge in [-0.2, -0.15) is 0 Å². The molecule has 1 atom stereocenters. The van der Waals surface area contributed by atoms with Crippen LogP contribution in [-0.4, -0.2) is 31.3 Å². The van der Waals surface area contributed by atoms with E-state index in [1.807, 2.05) is 28.8 Å². The van der Waals surface area contributed by atoms with Crippen LogP contribution < -0.4 is 15.8 Å². The number of benzene rings is 3. The number of nitrogens with one attached hydrogen (secondary N) is 1. The van der Waals surface area contributed by atoms with Crippen molar-refractivity contribution in [1.82, 2.24) is 9.55 Å². The van der Waals surface area contributed by atoms with Crippen LogP contribution in [0.5, 0.6) is 5.75 Å². The molecule has 1 amide bonds. The lowest BCUT2D eigenvalue weighted by Crippen LogP contribution is -2.10. The van der Waals surface area contributed by atoms with Gasteiger partial charge in [-0.1, -0.05) is 12.1 Å². The third-order valence-corrected chi connectivity index (χ3v) is 5.52. The first-order valence-electron chi connectivity index (χ1n) is 9.35. The first-order valence-corrected chi connectivity index (χ1v) is 10.5. The van der Waals surface area contributed by atoms with Crippen molar-refractivity contribution < 1.29 is 18.3 Å². The van der Waals surface area contributed by atoms with Gasteiger partial charge in [-0.15, -0.1) is 0 Å². The number of fused-ring (bicyclic) bond motifs is 1. The highest BCUT2D eigenvalue weighted by molar-refractivity contribution is 7.79. The number of carbonyl (C=O) groups is 1. The number of carbonyl (C=O) groups excluding carboxylic acids is 1. The number of ether oxygens (including phenoxy) is 1. The molecule has 4 aromatic rings. The van der Waals surface area contributed by atoms with Crippen molar-refractivity contribution in [2.24, 2.45) is 5.73 Å². The fourth-order valence-electron chi connectivity index (χ4n) is 3.24. The van der Waals surface area contributed by atoms with Gasteiger partial charge in [0.15, 0.2) is 11.1 Å². The largest absolute Gasteiger partial charge is 0.497 e. The Kier molecular flexibility index (Phi) is 5.70. The second-order valence-electron chi connectivity index (χ2n) is 6.84. The molecule has 0 fully saturated rings. The molecule has 0 spiro atoms. The summed E-state index contributed by atoms with van der Waals surface area (Å²) in [5.74, 6) is 0.803. The number of methoxy groups -OCH3 is 1. The zero-order valence-corrected chi connectivity index (χ0v) is 17.4. The molecular formula is C22H20N4O4S. The molecule has 1 aromatic heterocycles. The average molecular weight is 436 g/mol. The molecular weight excluding hydrogens is 416 g/mol. The minimum atomic E-state index is -2.02. The monoisotopic (exact) mass is 436 g/mol. The molecule has 4 rings (SSSR count). The summed E-state index contributed by atoms with van der Waals surface area (Å²) in [5.41, 5.74) is 8.97. The molecule has 8 nitrogen and oxygen atoms in total. The normalized spacial score (nSPS) is 11.9. The van der Waals surface area contributed by atoms with E-state index < -0.39 is 17.0 Å². The smallest absolute Gasteiger partial charge is 0.248 e. The van der Waals surface area contributed by atoms with Crippen LogP contribution in [0.4, 0.5) is 11.6 Å². The topological polar surface area (TPSA) is 119 Å². The minimum absolute atomic E-state index is 0.335. The summed E-state index contributed by atoms with van der Waals surface area (Å²) in [7, 11) is 1.61. The van der Waals surface area contributed by atoms with Crippen molar-refractivity contribution in [2.45, 2.75) is 11.4 Å². The van der Waals surface area contributed by atoms with Gasteiger partial charge in [0.25, 0.3) is 0 Å². The van der Waals surface area contributed by atoms with Gasteiger partial charge in [0.1, 0.15) is 5.75 Å². The van der Waals surface area contributed by atoms with Crippen molar-refractivity contribution in [3.8, 4) is 5.75 Å². The molecule has 1 heterocycles. The maximum absolute atomic E-state index is 11.6. The highest BCUT2D eigenvalue weighted by Gasteiger charge is 2.14. The minimum Gasteiger partial charge on any atom is -0.497 e. The van der Waals surface area contributed by atoms with E-state index in [1.165, 1.54) is 0 Å². The van der Waals surface area contributed by atoms with E-state index in [9.17, 15) is 13.6 Å². The van der Waals surface area contributed by atoms with Crippen molar-refractivity contribution in [2.75, 3.05) is 12.4 Å². The van der Waals surface area contributed by atoms with Gasteiger partial charge in [0.05, 0.1) is 29.6 Å². The Bertz CT molecular complexity index is 1270. The summed E-state index contributed by atoms with van der Waals surface area (Å²) >= 11 is -2.02. The summed E-state index contributed by atoms with van der Waals surface area (Å²) in [6.07, 6.45) is 0. The molecule has 0 aliphatic rings. The van der Waals surface area contributed by atoms with E-state index in [4.69, 9.17) is 10.5 Å². The fraction of sp³-hybridized carbons (Fsp3) is 0.0909. The van der Waals surface area contributed by atoms with Crippen molar-refractivity contribution in [3.05, 3.63) is 77.9 Å². The second kappa shape index (κ2) is 8.58. The fourth-order valence-corrected chi connectivity index (χ4v) is 3.60. The Morgan fingerprint density at radius 3 is 2.45 bits per heavy atom. The molecule has 0 radical (unpaired) electrons. The molecule has 1 unspecified atom stereocenters. The Morgan fingerprint density at radius 2 is 1.84 bits per heavy atom. The van der Waals surface area contributed by atoms with Crippen molar-refractivity contribution in [3.63, 3.8) is 0 Å². The molecule has 0 aliphatic carbocycles. The predicted molar refractivity (Wildman–Crippen MR) is 119 cm³/mol. The predicted octanol–water partition coefficient (Wildman–Crippen LogP) is 3.52. The first-order chi connectivity index (χ1) is 14.9. The van der Waals surface area contributed by atoms with Gasteiger partial charge >= 0.3 is 0 Å². The molecule has 0 saturated heterocycles. The quantitative estimate of drug-likeness (QED) is 0.381. The molecule has 31 heavy (non-hydrogen) atoms. The Balaban J connectivity index is 1.74. The van der Waals surface area contributed by atoms with E-state index in [2.05, 4.69) is 10.3 Å². The number of aromatic nitrogens is 2. The van der Waals surface area contributed by atoms with Gasteiger partial charge in [-0.25, -0.2) is 9.19 Å². The highest BCUT2D eigenvalue weighted by Crippen LogP contribution is 2.26. The number of rotatable bonds is 7. The summed E-state index contributed by atoms with van der Waals surface area (Å²) in [6.45, 7) is 0.462. The Labute approximate surface area is 181 Å². The van der Waals surface area contributed by atoms with Crippen LogP contribution in [0.15, 0.2) is 71.6 Å². The molecule has 0 bridgehead atoms. The van der Waals surface area contributed by atoms with Crippen LogP contribution in [0.25, 0.3) is 11.0 Å². The maximum atomic E-state index is 11.6. The lowest BCUT2D eigenvalue weighted by atomic mass is 10.2. The Hall–Kier alpha value is -3.69. The van der Waals surface area contributed by atoms with Crippen LogP contribution in [0, 0.1) is 0 Å². The highest BCUT2D eigenvalue weighted by atomic mass is 32.2. The van der Waals surface area contributed by atoms with Gasteiger partial charge in [-0.05, 0) is 60.2 Å². The van der Waals surface area contributed by atoms with Gasteiger partial charge in [0, 0.05) is 11.3 Å². The molecule has 158 valence electrons. The third kappa shape index (κ3) is 4.42. The standard InChI is InChI=1S/C22H20N4O4S/c1-30-17-7-5-16(6-8-17)24-22-25-19-12-15(21(23)27)4-11-20(19)26(22)13-14-2-9-18(10-3-14)31(28)29/h2-12H,13H2,1H3,(H2,23,27)(H,24,25)(H,28,29). The lowest BCUT2D eigenvalue weighted by Gasteiger charge is -2.12. The molecule has 0 saturated carbocycles. The maximum Gasteiger partial charge on any atom is 0.248 e. The molecule has 9 heteroatoms. The summed E-state index contributed by atoms with van der Waals surface area (Å²) < 4.78 is 27.6. The molecule has 4 N–H and O–H groups in total. The molecule has 3 aromatic carbocycles. The van der Waals surface area contributed by atoms with E-state index in [0.717, 1.165) is 22.5 Å². The lowest BCUT2D eigenvalue weighted by molar-refractivity contribution is 0.100. The summed E-state index contributed by atoms with van der Waals surface area (Å²) in [5, 5.41) is 3.30. The first kappa shape index (κ1) is 20.6. The number of hydrogen-bond acceptors (Lipinski definition) is 5. The average Bonchev–Trinajstić information content (AvgIpc) is 3.10. The number of nitrogens with two attached hydrogens (primary N) is 1. The van der Waals surface area contributed by atoms with Crippen LogP contribution in [-0.2, 0) is 17.6 Å². The van der Waals surface area contributed by atoms with Crippen molar-refractivity contribution >= 4 is 39.7 Å². The number of hydrogen-bond donors (Lipinski definition) is 3. The van der Waals surface area contributed by atoms with Crippen LogP contribution in [0.3, 0.4) is 0 Å². The molecule has 0 aliphatic heterocycles. The van der Waals surface area contributed by atoms with Crippen LogP contribution in [0.2, 0.25) is 0 Å². The number of anilines is 2. The van der Waals surface area contributed by atoms with Gasteiger partial charge in [0.2, 0.25) is 11.9 Å².